The fraction of sp³-hybridized carbons (Fsp3) is 0. The van der Waals surface area contributed by atoms with E-state index in [0.717, 1.165) is 0 Å². The quantitative estimate of drug-likeness (QED) is 0.0725. The van der Waals surface area contributed by atoms with Crippen LogP contribution in [-0.2, 0) is 18.3 Å². The lowest BCUT2D eigenvalue weighted by atomic mass is 10.0. The third-order valence-electron chi connectivity index (χ3n) is 10.6. The van der Waals surface area contributed by atoms with Crippen molar-refractivity contribution < 1.29 is 57.4 Å². The molecule has 20 heteroatoms. The average Bonchev–Trinajstić information content (AvgIpc) is 4.08. The Labute approximate surface area is 362 Å². The van der Waals surface area contributed by atoms with Crippen LogP contribution in [0.4, 0.5) is 0 Å². The first kappa shape index (κ1) is 43.3. The molecule has 4 aromatic carbocycles. The predicted molar refractivity (Wildman–Crippen MR) is 247 cm³/mol. The minimum absolute atomic E-state index is 0.253. The molecule has 0 spiro atoms. The lowest BCUT2D eigenvalue weighted by molar-refractivity contribution is 0.385. The summed E-state index contributed by atoms with van der Waals surface area (Å²) in [6.07, 6.45) is 6.75. The monoisotopic (exact) mass is 934 g/mol. The zero-order chi connectivity index (χ0) is 45.3. The Balaban J connectivity index is 1.48. The van der Waals surface area contributed by atoms with E-state index < -0.39 is 30.4 Å². The summed E-state index contributed by atoms with van der Waals surface area (Å²) < 4.78 is 50.2. The number of aromatic amines is 2. The molecule has 0 saturated heterocycles. The van der Waals surface area contributed by atoms with E-state index in [4.69, 9.17) is 9.97 Å². The van der Waals surface area contributed by atoms with Gasteiger partial charge in [-0.2, -0.15) is 0 Å². The molecule has 0 aliphatic carbocycles. The fourth-order valence-corrected chi connectivity index (χ4v) is 10.1. The molecule has 0 radical (unpaired) electrons. The number of benzene rings is 4. The molecule has 2 aliphatic rings. The van der Waals surface area contributed by atoms with Crippen LogP contribution in [0.15, 0.2) is 121 Å². The molecule has 0 atom stereocenters. The van der Waals surface area contributed by atoms with Gasteiger partial charge < -0.3 is 49.1 Å². The Hall–Kier alpha value is -5.92. The Morgan fingerprint density at radius 1 is 0.328 bits per heavy atom. The van der Waals surface area contributed by atoms with E-state index in [1.54, 1.807) is 72.8 Å². The molecule has 8 bridgehead atoms. The number of hydrogen-bond acceptors (Lipinski definition) is 6. The van der Waals surface area contributed by atoms with Crippen molar-refractivity contribution in [2.45, 2.75) is 0 Å². The maximum absolute atomic E-state index is 12.5. The van der Waals surface area contributed by atoms with Crippen LogP contribution in [0.3, 0.4) is 0 Å². The molecule has 0 amide bonds. The van der Waals surface area contributed by atoms with Crippen molar-refractivity contribution in [1.29, 1.82) is 0 Å². The Morgan fingerprint density at radius 2 is 0.547 bits per heavy atom. The summed E-state index contributed by atoms with van der Waals surface area (Å²) in [7, 11) is -19.0. The highest BCUT2D eigenvalue weighted by molar-refractivity contribution is 7.61. The van der Waals surface area contributed by atoms with Crippen LogP contribution in [0.5, 0.6) is 0 Å². The normalized spacial score (nSPS) is 13.1. The number of aromatic nitrogens is 4. The standard InChI is InChI=1S/C44H34N4O12P4/c49-61(50,51)29-9-1-5-25(21-29)41-33-13-15-35(45-33)42(26-6-2-10-30(22-26)62(52,53)54)37-17-19-39(47-37)44(28-8-4-12-32(24-28)64(58,59)60)40-20-18-38(48-40)43(36-16-14-34(41)46-36)27-7-3-11-31(23-27)63(55,56)57/h1-24,45,48H,(H2,49,50,51)(H2,52,53,54)(H2,55,56,57)(H2,58,59,60). The van der Waals surface area contributed by atoms with Crippen LogP contribution in [0.1, 0.15) is 22.8 Å². The van der Waals surface area contributed by atoms with Crippen molar-refractivity contribution in [2.75, 3.05) is 0 Å². The topological polar surface area (TPSA) is 287 Å². The van der Waals surface area contributed by atoms with Gasteiger partial charge in [-0.1, -0.05) is 48.5 Å². The van der Waals surface area contributed by atoms with Crippen molar-refractivity contribution in [1.82, 2.24) is 19.9 Å². The molecule has 2 aliphatic heterocycles. The van der Waals surface area contributed by atoms with E-state index in [9.17, 15) is 57.4 Å². The van der Waals surface area contributed by atoms with Gasteiger partial charge in [-0.3, -0.25) is 18.3 Å². The molecule has 64 heavy (non-hydrogen) atoms. The van der Waals surface area contributed by atoms with Gasteiger partial charge in [0.15, 0.2) is 0 Å². The highest BCUT2D eigenvalue weighted by atomic mass is 31.2. The lowest BCUT2D eigenvalue weighted by Gasteiger charge is -2.10. The minimum Gasteiger partial charge on any atom is -0.354 e. The lowest BCUT2D eigenvalue weighted by Crippen LogP contribution is -2.04. The molecule has 5 heterocycles. The van der Waals surface area contributed by atoms with Crippen molar-refractivity contribution in [3.8, 4) is 44.5 Å². The van der Waals surface area contributed by atoms with E-state index in [2.05, 4.69) is 9.97 Å². The summed E-state index contributed by atoms with van der Waals surface area (Å²) in [6.45, 7) is 0. The fourth-order valence-electron chi connectivity index (χ4n) is 7.79. The Morgan fingerprint density at radius 3 is 0.750 bits per heavy atom. The van der Waals surface area contributed by atoms with Crippen molar-refractivity contribution in [3.63, 3.8) is 0 Å². The second-order valence-corrected chi connectivity index (χ2v) is 21.3. The van der Waals surface area contributed by atoms with Crippen LogP contribution < -0.4 is 21.2 Å². The van der Waals surface area contributed by atoms with E-state index >= 15 is 0 Å². The molecule has 0 fully saturated rings. The molecular weight excluding hydrogens is 900 g/mol. The third-order valence-corrected chi connectivity index (χ3v) is 14.4. The van der Waals surface area contributed by atoms with Crippen molar-refractivity contribution in [2.24, 2.45) is 0 Å². The van der Waals surface area contributed by atoms with Gasteiger partial charge in [-0.25, -0.2) is 9.97 Å². The van der Waals surface area contributed by atoms with Gasteiger partial charge in [0.1, 0.15) is 0 Å². The Kier molecular flexibility index (Phi) is 10.8. The molecule has 10 N–H and O–H groups in total. The van der Waals surface area contributed by atoms with Crippen LogP contribution in [0, 0.1) is 0 Å². The second kappa shape index (κ2) is 16.0. The number of rotatable bonds is 8. The largest absolute Gasteiger partial charge is 0.356 e. The van der Waals surface area contributed by atoms with Crippen molar-refractivity contribution >= 4 is 98.0 Å². The van der Waals surface area contributed by atoms with Crippen LogP contribution in [0.25, 0.3) is 90.9 Å². The molecule has 0 unspecified atom stereocenters. The van der Waals surface area contributed by atoms with Gasteiger partial charge in [0.2, 0.25) is 0 Å². The first-order chi connectivity index (χ1) is 30.2. The van der Waals surface area contributed by atoms with Crippen LogP contribution in [0.2, 0.25) is 0 Å². The maximum atomic E-state index is 12.5. The number of nitrogens with zero attached hydrogens (tertiary/aromatic N) is 2. The molecule has 16 nitrogen and oxygen atoms in total. The number of H-pyrrole nitrogens is 2. The summed E-state index contributed by atoms with van der Waals surface area (Å²) in [4.78, 5) is 98.5. The smallest absolute Gasteiger partial charge is 0.354 e. The Bertz CT molecular complexity index is 3090. The van der Waals surface area contributed by atoms with Gasteiger partial charge in [0, 0.05) is 44.3 Å². The van der Waals surface area contributed by atoms with Gasteiger partial charge in [0.05, 0.1) is 44.0 Å². The highest BCUT2D eigenvalue weighted by Crippen LogP contribution is 2.42. The van der Waals surface area contributed by atoms with E-state index in [0.29, 0.717) is 89.4 Å². The second-order valence-electron chi connectivity index (χ2n) is 14.9. The summed E-state index contributed by atoms with van der Waals surface area (Å²) >= 11 is 0. The summed E-state index contributed by atoms with van der Waals surface area (Å²) in [5, 5.41) is -1.01. The SMILES string of the molecule is O=P(O)(O)c1cccc(-c2c3nc(c(-c4cccc(P(=O)(O)O)c4)c4ccc([nH]4)c(-c4cccc(P(=O)(O)O)c4)c4nc(c(-c5cccc(P(=O)(O)O)c5)c5ccc2[nH]5)C=C4)C=C3)c1. The van der Waals surface area contributed by atoms with Gasteiger partial charge >= 0.3 is 30.4 Å². The summed E-state index contributed by atoms with van der Waals surface area (Å²) in [6, 6.07) is 30.1. The summed E-state index contributed by atoms with van der Waals surface area (Å²) in [5.74, 6) is 0. The zero-order valence-corrected chi connectivity index (χ0v) is 36.3. The highest BCUT2D eigenvalue weighted by Gasteiger charge is 2.25. The number of hydrogen-bond donors (Lipinski definition) is 10. The van der Waals surface area contributed by atoms with Crippen molar-refractivity contribution in [3.05, 3.63) is 144 Å². The van der Waals surface area contributed by atoms with Gasteiger partial charge in [0.25, 0.3) is 0 Å². The number of fused-ring (bicyclic) bond motifs is 8. The first-order valence-electron chi connectivity index (χ1n) is 19.0. The van der Waals surface area contributed by atoms with E-state index in [-0.39, 0.29) is 21.2 Å². The molecule has 0 saturated carbocycles. The molecule has 322 valence electrons. The maximum Gasteiger partial charge on any atom is 0.356 e. The average molecular weight is 935 g/mol. The molecule has 3 aromatic heterocycles. The zero-order valence-electron chi connectivity index (χ0n) is 32.8. The minimum atomic E-state index is -4.74. The molecular formula is C44H34N4O12P4. The number of nitrogens with one attached hydrogen (secondary N) is 2. The van der Waals surface area contributed by atoms with E-state index in [1.165, 1.54) is 72.8 Å². The van der Waals surface area contributed by atoms with Gasteiger partial charge in [-0.05, 0) is 119 Å². The van der Waals surface area contributed by atoms with E-state index in [1.807, 2.05) is 0 Å². The van der Waals surface area contributed by atoms with Crippen LogP contribution in [-0.4, -0.2) is 59.1 Å². The molecule has 7 aromatic rings. The first-order valence-corrected chi connectivity index (χ1v) is 25.5. The van der Waals surface area contributed by atoms with Crippen LogP contribution >= 0.6 is 30.4 Å². The van der Waals surface area contributed by atoms with Gasteiger partial charge in [-0.15, -0.1) is 0 Å². The molecule has 9 rings (SSSR count). The third kappa shape index (κ3) is 8.43. The predicted octanol–water partition coefficient (Wildman–Crippen LogP) is 6.54. The summed E-state index contributed by atoms with van der Waals surface area (Å²) in [5.41, 5.74) is 6.02.